The van der Waals surface area contributed by atoms with E-state index in [9.17, 15) is 19.5 Å². The predicted molar refractivity (Wildman–Crippen MR) is 133 cm³/mol. The van der Waals surface area contributed by atoms with Gasteiger partial charge in [-0.05, 0) is 47.4 Å². The summed E-state index contributed by atoms with van der Waals surface area (Å²) >= 11 is 0. The van der Waals surface area contributed by atoms with Crippen LogP contribution in [0.15, 0.2) is 48.5 Å². The number of benzene rings is 2. The number of carbonyl (C=O) groups is 3. The fourth-order valence-electron chi connectivity index (χ4n) is 5.37. The van der Waals surface area contributed by atoms with Crippen molar-refractivity contribution in [2.75, 3.05) is 13.2 Å². The number of carboxylic acids is 1. The largest absolute Gasteiger partial charge is 0.480 e. The molecule has 7 nitrogen and oxygen atoms in total. The first kappa shape index (κ1) is 24.8. The molecular formula is C28H34N2O5. The number of likely N-dealkylation sites (tertiary alicyclic amines) is 1. The van der Waals surface area contributed by atoms with Gasteiger partial charge in [-0.2, -0.15) is 0 Å². The van der Waals surface area contributed by atoms with Gasteiger partial charge in [-0.25, -0.2) is 9.59 Å². The second kappa shape index (κ2) is 10.9. The van der Waals surface area contributed by atoms with E-state index in [4.69, 9.17) is 4.74 Å². The summed E-state index contributed by atoms with van der Waals surface area (Å²) in [6.45, 7) is 4.58. The zero-order chi connectivity index (χ0) is 24.9. The van der Waals surface area contributed by atoms with E-state index < -0.39 is 24.1 Å². The lowest BCUT2D eigenvalue weighted by atomic mass is 9.88. The number of alkyl carbamates (subject to hydrolysis) is 1. The molecule has 0 radical (unpaired) electrons. The number of fused-ring (bicyclic) bond motifs is 3. The van der Waals surface area contributed by atoms with Gasteiger partial charge >= 0.3 is 12.1 Å². The molecule has 2 aliphatic rings. The molecule has 1 fully saturated rings. The van der Waals surface area contributed by atoms with E-state index in [0.717, 1.165) is 35.1 Å². The van der Waals surface area contributed by atoms with Gasteiger partial charge in [-0.3, -0.25) is 4.79 Å². The van der Waals surface area contributed by atoms with Crippen molar-refractivity contribution in [2.24, 2.45) is 5.92 Å². The molecule has 0 aromatic heterocycles. The Hall–Kier alpha value is -3.35. The highest BCUT2D eigenvalue weighted by molar-refractivity contribution is 5.84. The first-order valence-corrected chi connectivity index (χ1v) is 12.6. The number of carbonyl (C=O) groups excluding carboxylic acids is 2. The number of nitrogens with one attached hydrogen (secondary N) is 1. The van der Waals surface area contributed by atoms with Crippen LogP contribution in [-0.4, -0.2) is 53.2 Å². The van der Waals surface area contributed by atoms with E-state index in [-0.39, 0.29) is 24.9 Å². The highest BCUT2D eigenvalue weighted by Gasteiger charge is 2.36. The average molecular weight is 479 g/mol. The summed E-state index contributed by atoms with van der Waals surface area (Å²) in [7, 11) is 0. The topological polar surface area (TPSA) is 95.9 Å². The van der Waals surface area contributed by atoms with E-state index >= 15 is 0 Å². The number of amides is 2. The van der Waals surface area contributed by atoms with E-state index in [2.05, 4.69) is 29.6 Å². The van der Waals surface area contributed by atoms with Gasteiger partial charge in [-0.15, -0.1) is 0 Å². The van der Waals surface area contributed by atoms with Gasteiger partial charge in [0.05, 0.1) is 0 Å². The molecule has 2 aromatic carbocycles. The summed E-state index contributed by atoms with van der Waals surface area (Å²) in [5.41, 5.74) is 4.60. The number of nitrogens with zero attached hydrogens (tertiary/aromatic N) is 1. The summed E-state index contributed by atoms with van der Waals surface area (Å²) in [6, 6.07) is 15.1. The van der Waals surface area contributed by atoms with Crippen molar-refractivity contribution >= 4 is 18.0 Å². The summed E-state index contributed by atoms with van der Waals surface area (Å²) in [5.74, 6) is -0.918. The number of piperidine rings is 1. The standard InChI is InChI=1S/C28H34N2O5/c1-3-18-13-14-30(25(15-18)27(32)33)26(31)16-19(4-2)29-28(34)35-17-24-22-11-7-5-9-20(22)21-10-6-8-12-23(21)24/h5-12,18-19,24-25H,3-4,13-17H2,1-2H3,(H,29,34)(H,32,33)/t18?,19-,25?/m1/s1. The summed E-state index contributed by atoms with van der Waals surface area (Å²) in [6.07, 6.45) is 2.23. The van der Waals surface area contributed by atoms with Crippen molar-refractivity contribution in [2.45, 2.75) is 64.0 Å². The zero-order valence-corrected chi connectivity index (χ0v) is 20.4. The average Bonchev–Trinajstić information content (AvgIpc) is 3.20. The van der Waals surface area contributed by atoms with Crippen LogP contribution in [0.5, 0.6) is 0 Å². The molecule has 1 heterocycles. The van der Waals surface area contributed by atoms with Crippen molar-refractivity contribution in [3.05, 3.63) is 59.7 Å². The van der Waals surface area contributed by atoms with Gasteiger partial charge in [0.15, 0.2) is 0 Å². The van der Waals surface area contributed by atoms with Crippen molar-refractivity contribution in [3.8, 4) is 11.1 Å². The maximum atomic E-state index is 13.0. The summed E-state index contributed by atoms with van der Waals surface area (Å²) < 4.78 is 5.62. The fourth-order valence-corrected chi connectivity index (χ4v) is 5.37. The smallest absolute Gasteiger partial charge is 0.407 e. The quantitative estimate of drug-likeness (QED) is 0.568. The Morgan fingerprint density at radius 3 is 2.26 bits per heavy atom. The monoisotopic (exact) mass is 478 g/mol. The van der Waals surface area contributed by atoms with Crippen LogP contribution < -0.4 is 5.32 Å². The normalized spacial score (nSPS) is 20.0. The van der Waals surface area contributed by atoms with E-state index in [0.29, 0.717) is 25.3 Å². The third-order valence-electron chi connectivity index (χ3n) is 7.47. The summed E-state index contributed by atoms with van der Waals surface area (Å²) in [4.78, 5) is 38.9. The number of carboxylic acid groups (broad SMARTS) is 1. The van der Waals surface area contributed by atoms with Crippen LogP contribution in [0.25, 0.3) is 11.1 Å². The number of ether oxygens (including phenoxy) is 1. The molecule has 186 valence electrons. The molecule has 4 rings (SSSR count). The van der Waals surface area contributed by atoms with Crippen LogP contribution in [0.3, 0.4) is 0 Å². The molecule has 2 unspecified atom stereocenters. The molecule has 1 aliphatic carbocycles. The van der Waals surface area contributed by atoms with Gasteiger partial charge in [0.25, 0.3) is 0 Å². The Balaban J connectivity index is 1.35. The third kappa shape index (κ3) is 5.34. The lowest BCUT2D eigenvalue weighted by Crippen LogP contribution is -2.51. The first-order valence-electron chi connectivity index (χ1n) is 12.6. The molecular weight excluding hydrogens is 444 g/mol. The minimum absolute atomic E-state index is 0.0361. The third-order valence-corrected chi connectivity index (χ3v) is 7.47. The van der Waals surface area contributed by atoms with Crippen LogP contribution >= 0.6 is 0 Å². The highest BCUT2D eigenvalue weighted by atomic mass is 16.5. The van der Waals surface area contributed by atoms with E-state index in [1.165, 1.54) is 4.90 Å². The Morgan fingerprint density at radius 1 is 1.06 bits per heavy atom. The maximum Gasteiger partial charge on any atom is 0.407 e. The van der Waals surface area contributed by atoms with Gasteiger partial charge in [0.1, 0.15) is 12.6 Å². The molecule has 1 aliphatic heterocycles. The van der Waals surface area contributed by atoms with Gasteiger partial charge < -0.3 is 20.1 Å². The summed E-state index contributed by atoms with van der Waals surface area (Å²) in [5, 5.41) is 12.5. The molecule has 1 saturated heterocycles. The van der Waals surface area contributed by atoms with Gasteiger partial charge in [0, 0.05) is 24.9 Å². The lowest BCUT2D eigenvalue weighted by Gasteiger charge is -2.37. The Labute approximate surface area is 206 Å². The molecule has 3 atom stereocenters. The zero-order valence-electron chi connectivity index (χ0n) is 20.4. The number of hydrogen-bond donors (Lipinski definition) is 2. The van der Waals surface area contributed by atoms with Crippen molar-refractivity contribution < 1.29 is 24.2 Å². The van der Waals surface area contributed by atoms with E-state index in [1.54, 1.807) is 0 Å². The van der Waals surface area contributed by atoms with Crippen molar-refractivity contribution in [1.29, 1.82) is 0 Å². The van der Waals surface area contributed by atoms with Crippen LogP contribution in [0.2, 0.25) is 0 Å². The Bertz CT molecular complexity index is 1040. The van der Waals surface area contributed by atoms with Crippen LogP contribution in [0.4, 0.5) is 4.79 Å². The first-order chi connectivity index (χ1) is 16.9. The number of aliphatic carboxylic acids is 1. The highest BCUT2D eigenvalue weighted by Crippen LogP contribution is 2.44. The molecule has 7 heteroatoms. The molecule has 35 heavy (non-hydrogen) atoms. The van der Waals surface area contributed by atoms with Crippen molar-refractivity contribution in [3.63, 3.8) is 0 Å². The molecule has 0 saturated carbocycles. The van der Waals surface area contributed by atoms with E-state index in [1.807, 2.05) is 38.1 Å². The van der Waals surface area contributed by atoms with Crippen LogP contribution in [0.1, 0.15) is 63.0 Å². The Kier molecular flexibility index (Phi) is 7.73. The minimum Gasteiger partial charge on any atom is -0.480 e. The second-order valence-electron chi connectivity index (χ2n) is 9.52. The van der Waals surface area contributed by atoms with Gasteiger partial charge in [-0.1, -0.05) is 68.8 Å². The van der Waals surface area contributed by atoms with Crippen LogP contribution in [0, 0.1) is 5.92 Å². The molecule has 0 spiro atoms. The fraction of sp³-hybridized carbons (Fsp3) is 0.464. The lowest BCUT2D eigenvalue weighted by molar-refractivity contribution is -0.153. The van der Waals surface area contributed by atoms with Crippen LogP contribution in [-0.2, 0) is 14.3 Å². The predicted octanol–water partition coefficient (Wildman–Crippen LogP) is 4.80. The maximum absolute atomic E-state index is 13.0. The number of hydrogen-bond acceptors (Lipinski definition) is 4. The van der Waals surface area contributed by atoms with Crippen molar-refractivity contribution in [1.82, 2.24) is 10.2 Å². The minimum atomic E-state index is -0.964. The SMILES string of the molecule is CCC1CCN(C(=O)C[C@@H](CC)NC(=O)OCC2c3ccccc3-c3ccccc32)C(C(=O)O)C1. The second-order valence-corrected chi connectivity index (χ2v) is 9.52. The molecule has 0 bridgehead atoms. The Morgan fingerprint density at radius 2 is 1.69 bits per heavy atom. The molecule has 2 aromatic rings. The molecule has 2 amide bonds. The van der Waals surface area contributed by atoms with Gasteiger partial charge in [0.2, 0.25) is 5.91 Å². The molecule has 2 N–H and O–H groups in total. The number of rotatable bonds is 8.